The van der Waals surface area contributed by atoms with Crippen molar-refractivity contribution in [3.8, 4) is 0 Å². The minimum absolute atomic E-state index is 0.0295. The Morgan fingerprint density at radius 3 is 2.58 bits per heavy atom. The second-order valence-corrected chi connectivity index (χ2v) is 6.76. The fraction of sp³-hybridized carbons (Fsp3) is 0.562. The zero-order valence-electron chi connectivity index (χ0n) is 11.8. The summed E-state index contributed by atoms with van der Waals surface area (Å²) in [7, 11) is 0. The summed E-state index contributed by atoms with van der Waals surface area (Å²) in [6.45, 7) is 4.09. The Kier molecular flexibility index (Phi) is 5.32. The van der Waals surface area contributed by atoms with Gasteiger partial charge in [0, 0.05) is 11.8 Å². The van der Waals surface area contributed by atoms with E-state index >= 15 is 0 Å². The molecule has 19 heavy (non-hydrogen) atoms. The molecule has 1 unspecified atom stereocenters. The predicted molar refractivity (Wildman–Crippen MR) is 82.3 cm³/mol. The first kappa shape index (κ1) is 14.4. The summed E-state index contributed by atoms with van der Waals surface area (Å²) in [5.41, 5.74) is 2.57. The van der Waals surface area contributed by atoms with Gasteiger partial charge in [-0.05, 0) is 32.3 Å². The molecule has 1 aliphatic rings. The van der Waals surface area contributed by atoms with Crippen LogP contribution in [0, 0.1) is 6.92 Å². The molecule has 3 heteroatoms. The van der Waals surface area contributed by atoms with Crippen molar-refractivity contribution in [2.75, 3.05) is 0 Å². The topological polar surface area (TPSA) is 29.1 Å². The number of nitrogens with one attached hydrogen (secondary N) is 1. The van der Waals surface area contributed by atoms with Gasteiger partial charge in [0.25, 0.3) is 0 Å². The lowest BCUT2D eigenvalue weighted by Crippen LogP contribution is -2.37. The normalized spacial score (nSPS) is 17.4. The fourth-order valence-corrected chi connectivity index (χ4v) is 3.22. The lowest BCUT2D eigenvalue weighted by molar-refractivity contribution is -0.120. The molecule has 0 heterocycles. The molecule has 0 aliphatic heterocycles. The number of hydrogen-bond acceptors (Lipinski definition) is 2. The molecule has 0 spiro atoms. The third-order valence-corrected chi connectivity index (χ3v) is 4.91. The molecule has 1 aromatic rings. The summed E-state index contributed by atoms with van der Waals surface area (Å²) < 4.78 is 0. The van der Waals surface area contributed by atoms with Crippen molar-refractivity contribution in [1.82, 2.24) is 5.32 Å². The molecular weight excluding hydrogens is 254 g/mol. The Bertz CT molecular complexity index is 409. The SMILES string of the molecule is Cc1ccc(CSC(C)C(=O)NC2CCCC2)cc1. The van der Waals surface area contributed by atoms with Gasteiger partial charge < -0.3 is 5.32 Å². The largest absolute Gasteiger partial charge is 0.352 e. The summed E-state index contributed by atoms with van der Waals surface area (Å²) in [6, 6.07) is 8.96. The van der Waals surface area contributed by atoms with Crippen LogP contribution in [0.4, 0.5) is 0 Å². The van der Waals surface area contributed by atoms with Gasteiger partial charge in [-0.15, -0.1) is 11.8 Å². The van der Waals surface area contributed by atoms with Crippen molar-refractivity contribution in [3.05, 3.63) is 35.4 Å². The maximum absolute atomic E-state index is 12.0. The molecule has 0 saturated heterocycles. The van der Waals surface area contributed by atoms with Gasteiger partial charge >= 0.3 is 0 Å². The molecule has 1 fully saturated rings. The van der Waals surface area contributed by atoms with E-state index < -0.39 is 0 Å². The number of aryl methyl sites for hydroxylation is 1. The third-order valence-electron chi connectivity index (χ3n) is 3.69. The van der Waals surface area contributed by atoms with E-state index in [-0.39, 0.29) is 11.2 Å². The summed E-state index contributed by atoms with van der Waals surface area (Å²) in [4.78, 5) is 12.0. The van der Waals surface area contributed by atoms with Crippen LogP contribution in [0.25, 0.3) is 0 Å². The Morgan fingerprint density at radius 1 is 1.32 bits per heavy atom. The smallest absolute Gasteiger partial charge is 0.233 e. The number of benzene rings is 1. The second-order valence-electron chi connectivity index (χ2n) is 5.43. The number of amides is 1. The zero-order valence-corrected chi connectivity index (χ0v) is 12.6. The van der Waals surface area contributed by atoms with Crippen molar-refractivity contribution < 1.29 is 4.79 Å². The molecule has 2 nitrogen and oxygen atoms in total. The maximum Gasteiger partial charge on any atom is 0.233 e. The molecule has 2 rings (SSSR count). The lowest BCUT2D eigenvalue weighted by Gasteiger charge is -2.16. The Morgan fingerprint density at radius 2 is 1.95 bits per heavy atom. The zero-order chi connectivity index (χ0) is 13.7. The van der Waals surface area contributed by atoms with E-state index in [2.05, 4.69) is 36.5 Å². The van der Waals surface area contributed by atoms with Crippen LogP contribution < -0.4 is 5.32 Å². The van der Waals surface area contributed by atoms with E-state index in [0.29, 0.717) is 6.04 Å². The number of carbonyl (C=O) groups excluding carboxylic acids is 1. The van der Waals surface area contributed by atoms with Gasteiger partial charge in [0.15, 0.2) is 0 Å². The molecule has 0 bridgehead atoms. The molecule has 104 valence electrons. The fourth-order valence-electron chi connectivity index (χ4n) is 2.37. The van der Waals surface area contributed by atoms with Crippen LogP contribution in [0.1, 0.15) is 43.7 Å². The number of carbonyl (C=O) groups is 1. The quantitative estimate of drug-likeness (QED) is 0.889. The first-order valence-corrected chi connectivity index (χ1v) is 8.17. The molecule has 1 amide bonds. The van der Waals surface area contributed by atoms with E-state index in [9.17, 15) is 4.79 Å². The van der Waals surface area contributed by atoms with Crippen molar-refractivity contribution in [2.24, 2.45) is 0 Å². The molecule has 1 aliphatic carbocycles. The molecule has 1 atom stereocenters. The first-order chi connectivity index (χ1) is 9.15. The van der Waals surface area contributed by atoms with E-state index in [4.69, 9.17) is 0 Å². The predicted octanol–water partition coefficient (Wildman–Crippen LogP) is 3.68. The van der Waals surface area contributed by atoms with Crippen LogP contribution in [-0.2, 0) is 10.5 Å². The molecule has 0 aromatic heterocycles. The standard InChI is InChI=1S/C16H23NOS/c1-12-7-9-14(10-8-12)11-19-13(2)16(18)17-15-5-3-4-6-15/h7-10,13,15H,3-6,11H2,1-2H3,(H,17,18). The summed E-state index contributed by atoms with van der Waals surface area (Å²) in [5, 5.41) is 3.19. The van der Waals surface area contributed by atoms with Gasteiger partial charge in [-0.25, -0.2) is 0 Å². The molecule has 1 N–H and O–H groups in total. The molecular formula is C16H23NOS. The van der Waals surface area contributed by atoms with E-state index in [0.717, 1.165) is 18.6 Å². The third kappa shape index (κ3) is 4.57. The molecule has 1 aromatic carbocycles. The summed E-state index contributed by atoms with van der Waals surface area (Å²) in [5.74, 6) is 1.10. The van der Waals surface area contributed by atoms with E-state index in [1.807, 2.05) is 6.92 Å². The van der Waals surface area contributed by atoms with Gasteiger partial charge in [0.05, 0.1) is 5.25 Å². The second kappa shape index (κ2) is 6.99. The highest BCUT2D eigenvalue weighted by molar-refractivity contribution is 7.99. The maximum atomic E-state index is 12.0. The van der Waals surface area contributed by atoms with Crippen LogP contribution in [0.15, 0.2) is 24.3 Å². The van der Waals surface area contributed by atoms with Crippen LogP contribution in [0.5, 0.6) is 0 Å². The highest BCUT2D eigenvalue weighted by Gasteiger charge is 2.20. The number of rotatable bonds is 5. The minimum Gasteiger partial charge on any atom is -0.352 e. The average molecular weight is 277 g/mol. The van der Waals surface area contributed by atoms with Crippen molar-refractivity contribution in [2.45, 2.75) is 56.6 Å². The summed E-state index contributed by atoms with van der Waals surface area (Å²) in [6.07, 6.45) is 4.83. The number of thioether (sulfide) groups is 1. The highest BCUT2D eigenvalue weighted by Crippen LogP contribution is 2.21. The Labute approximate surface area is 120 Å². The van der Waals surface area contributed by atoms with Gasteiger partial charge in [-0.2, -0.15) is 0 Å². The Balaban J connectivity index is 1.75. The summed E-state index contributed by atoms with van der Waals surface area (Å²) >= 11 is 1.71. The van der Waals surface area contributed by atoms with E-state index in [1.54, 1.807) is 11.8 Å². The minimum atomic E-state index is 0.0295. The van der Waals surface area contributed by atoms with Crippen molar-refractivity contribution >= 4 is 17.7 Å². The highest BCUT2D eigenvalue weighted by atomic mass is 32.2. The van der Waals surface area contributed by atoms with Gasteiger partial charge in [0.2, 0.25) is 5.91 Å². The average Bonchev–Trinajstić information content (AvgIpc) is 2.90. The van der Waals surface area contributed by atoms with Crippen LogP contribution in [-0.4, -0.2) is 17.2 Å². The van der Waals surface area contributed by atoms with Gasteiger partial charge in [0.1, 0.15) is 0 Å². The van der Waals surface area contributed by atoms with Crippen LogP contribution in [0.3, 0.4) is 0 Å². The van der Waals surface area contributed by atoms with Crippen LogP contribution in [0.2, 0.25) is 0 Å². The number of hydrogen-bond donors (Lipinski definition) is 1. The van der Waals surface area contributed by atoms with Crippen molar-refractivity contribution in [3.63, 3.8) is 0 Å². The Hall–Kier alpha value is -0.960. The van der Waals surface area contributed by atoms with Gasteiger partial charge in [-0.1, -0.05) is 42.7 Å². The van der Waals surface area contributed by atoms with E-state index in [1.165, 1.54) is 24.0 Å². The molecule has 1 saturated carbocycles. The lowest BCUT2D eigenvalue weighted by atomic mass is 10.2. The monoisotopic (exact) mass is 277 g/mol. The molecule has 0 radical (unpaired) electrons. The van der Waals surface area contributed by atoms with Crippen LogP contribution >= 0.6 is 11.8 Å². The van der Waals surface area contributed by atoms with Crippen molar-refractivity contribution in [1.29, 1.82) is 0 Å². The first-order valence-electron chi connectivity index (χ1n) is 7.12. The van der Waals surface area contributed by atoms with Gasteiger partial charge in [-0.3, -0.25) is 4.79 Å².